The smallest absolute Gasteiger partial charge is 0.166 e. The van der Waals surface area contributed by atoms with Crippen LogP contribution in [-0.4, -0.2) is 30.4 Å². The van der Waals surface area contributed by atoms with Crippen molar-refractivity contribution in [3.63, 3.8) is 0 Å². The molecule has 1 fully saturated rings. The van der Waals surface area contributed by atoms with E-state index in [2.05, 4.69) is 24.5 Å². The highest BCUT2D eigenvalue weighted by Crippen LogP contribution is 2.10. The van der Waals surface area contributed by atoms with Gasteiger partial charge in [-0.3, -0.25) is 0 Å². The molecule has 1 heterocycles. The molecule has 1 atom stereocenters. The summed E-state index contributed by atoms with van der Waals surface area (Å²) in [6.45, 7) is 5.87. The van der Waals surface area contributed by atoms with Crippen molar-refractivity contribution < 1.29 is 4.74 Å². The lowest BCUT2D eigenvalue weighted by molar-refractivity contribution is 0.114. The number of ether oxygens (including phenoxy) is 1. The van der Waals surface area contributed by atoms with E-state index in [9.17, 15) is 0 Å². The number of thiocarbonyl (C=S) groups is 1. The van der Waals surface area contributed by atoms with Gasteiger partial charge in [0, 0.05) is 19.2 Å². The van der Waals surface area contributed by atoms with Gasteiger partial charge < -0.3 is 15.4 Å². The predicted molar refractivity (Wildman–Crippen MR) is 57.8 cm³/mol. The van der Waals surface area contributed by atoms with E-state index in [0.29, 0.717) is 12.1 Å². The second-order valence-corrected chi connectivity index (χ2v) is 4.05. The Bertz CT molecular complexity index is 167. The van der Waals surface area contributed by atoms with Crippen molar-refractivity contribution in [3.8, 4) is 0 Å². The van der Waals surface area contributed by atoms with Crippen LogP contribution in [-0.2, 0) is 4.74 Å². The molecule has 2 N–H and O–H groups in total. The molecule has 0 bridgehead atoms. The van der Waals surface area contributed by atoms with Gasteiger partial charge in [-0.25, -0.2) is 0 Å². The lowest BCUT2D eigenvalue weighted by atomic mass is 10.2. The summed E-state index contributed by atoms with van der Waals surface area (Å²) in [6, 6.07) is 0.393. The molecule has 0 unspecified atom stereocenters. The van der Waals surface area contributed by atoms with Gasteiger partial charge in [-0.1, -0.05) is 0 Å². The maximum absolute atomic E-state index is 5.46. The molecule has 0 aromatic heterocycles. The summed E-state index contributed by atoms with van der Waals surface area (Å²) in [5.74, 6) is 0. The minimum atomic E-state index is 0.354. The van der Waals surface area contributed by atoms with Crippen molar-refractivity contribution in [2.45, 2.75) is 38.8 Å². The first-order chi connectivity index (χ1) is 6.18. The highest BCUT2D eigenvalue weighted by atomic mass is 32.1. The van der Waals surface area contributed by atoms with Crippen LogP contribution in [0.2, 0.25) is 0 Å². The Morgan fingerprint density at radius 1 is 1.62 bits per heavy atom. The molecule has 0 amide bonds. The van der Waals surface area contributed by atoms with Crippen LogP contribution >= 0.6 is 12.2 Å². The highest BCUT2D eigenvalue weighted by Gasteiger charge is 2.15. The standard InChI is InChI=1S/C9H18N2OS/c1-7(2)11-9(13)10-6-8-4-3-5-12-8/h7-8H,3-6H2,1-2H3,(H2,10,11,13)/t8-/m1/s1. The van der Waals surface area contributed by atoms with Crippen LogP contribution in [0, 0.1) is 0 Å². The largest absolute Gasteiger partial charge is 0.376 e. The fourth-order valence-corrected chi connectivity index (χ4v) is 1.64. The molecule has 1 saturated heterocycles. The van der Waals surface area contributed by atoms with Gasteiger partial charge in [0.2, 0.25) is 0 Å². The Morgan fingerprint density at radius 3 is 2.92 bits per heavy atom. The Kier molecular flexibility index (Phi) is 4.45. The quantitative estimate of drug-likeness (QED) is 0.670. The summed E-state index contributed by atoms with van der Waals surface area (Å²) >= 11 is 5.09. The highest BCUT2D eigenvalue weighted by molar-refractivity contribution is 7.80. The molecule has 0 spiro atoms. The van der Waals surface area contributed by atoms with Gasteiger partial charge in [0.15, 0.2) is 5.11 Å². The third-order valence-corrected chi connectivity index (χ3v) is 2.20. The number of hydrogen-bond acceptors (Lipinski definition) is 2. The molecular formula is C9H18N2OS. The maximum atomic E-state index is 5.46. The monoisotopic (exact) mass is 202 g/mol. The lowest BCUT2D eigenvalue weighted by Crippen LogP contribution is -2.42. The second kappa shape index (κ2) is 5.40. The van der Waals surface area contributed by atoms with Crippen LogP contribution < -0.4 is 10.6 Å². The van der Waals surface area contributed by atoms with Crippen molar-refractivity contribution in [1.29, 1.82) is 0 Å². The summed E-state index contributed by atoms with van der Waals surface area (Å²) in [6.07, 6.45) is 2.68. The number of hydrogen-bond donors (Lipinski definition) is 2. The van der Waals surface area contributed by atoms with Crippen molar-refractivity contribution in [2.75, 3.05) is 13.2 Å². The summed E-state index contributed by atoms with van der Waals surface area (Å²) in [5, 5.41) is 7.01. The zero-order valence-corrected chi connectivity index (χ0v) is 9.12. The van der Waals surface area contributed by atoms with E-state index in [4.69, 9.17) is 17.0 Å². The predicted octanol–water partition coefficient (Wildman–Crippen LogP) is 1.04. The lowest BCUT2D eigenvalue weighted by Gasteiger charge is -2.15. The first-order valence-electron chi connectivity index (χ1n) is 4.84. The third kappa shape index (κ3) is 4.43. The molecule has 4 heteroatoms. The molecule has 0 aromatic carbocycles. The molecule has 1 rings (SSSR count). The Balaban J connectivity index is 2.07. The fraction of sp³-hybridized carbons (Fsp3) is 0.889. The van der Waals surface area contributed by atoms with Gasteiger partial charge in [-0.15, -0.1) is 0 Å². The first kappa shape index (κ1) is 10.7. The third-order valence-electron chi connectivity index (χ3n) is 1.93. The maximum Gasteiger partial charge on any atom is 0.166 e. The molecule has 13 heavy (non-hydrogen) atoms. The van der Waals surface area contributed by atoms with Gasteiger partial charge in [-0.05, 0) is 38.9 Å². The van der Waals surface area contributed by atoms with Crippen LogP contribution in [0.4, 0.5) is 0 Å². The van der Waals surface area contributed by atoms with Crippen LogP contribution in [0.1, 0.15) is 26.7 Å². The van der Waals surface area contributed by atoms with Crippen LogP contribution in [0.15, 0.2) is 0 Å². The SMILES string of the molecule is CC(C)NC(=S)NC[C@H]1CCCO1. The van der Waals surface area contributed by atoms with Crippen LogP contribution in [0.5, 0.6) is 0 Å². The van der Waals surface area contributed by atoms with E-state index >= 15 is 0 Å². The van der Waals surface area contributed by atoms with Gasteiger partial charge in [0.05, 0.1) is 6.10 Å². The molecule has 3 nitrogen and oxygen atoms in total. The van der Waals surface area contributed by atoms with Crippen molar-refractivity contribution in [3.05, 3.63) is 0 Å². The summed E-state index contributed by atoms with van der Waals surface area (Å²) < 4.78 is 5.46. The molecular weight excluding hydrogens is 184 g/mol. The Labute approximate surface area is 85.2 Å². The summed E-state index contributed by atoms with van der Waals surface area (Å²) in [4.78, 5) is 0. The van der Waals surface area contributed by atoms with Crippen molar-refractivity contribution >= 4 is 17.3 Å². The number of rotatable bonds is 3. The van der Waals surface area contributed by atoms with Crippen LogP contribution in [0.25, 0.3) is 0 Å². The zero-order valence-electron chi connectivity index (χ0n) is 8.30. The summed E-state index contributed by atoms with van der Waals surface area (Å²) in [5.41, 5.74) is 0. The minimum Gasteiger partial charge on any atom is -0.376 e. The van der Waals surface area contributed by atoms with Crippen molar-refractivity contribution in [1.82, 2.24) is 10.6 Å². The topological polar surface area (TPSA) is 33.3 Å². The van der Waals surface area contributed by atoms with E-state index < -0.39 is 0 Å². The number of nitrogens with one attached hydrogen (secondary N) is 2. The van der Waals surface area contributed by atoms with Gasteiger partial charge in [0.1, 0.15) is 0 Å². The molecule has 76 valence electrons. The normalized spacial score (nSPS) is 21.9. The van der Waals surface area contributed by atoms with Crippen molar-refractivity contribution in [2.24, 2.45) is 0 Å². The van der Waals surface area contributed by atoms with E-state index in [-0.39, 0.29) is 0 Å². The molecule has 1 aliphatic rings. The van der Waals surface area contributed by atoms with E-state index in [1.807, 2.05) is 0 Å². The molecule has 0 saturated carbocycles. The van der Waals surface area contributed by atoms with Gasteiger partial charge >= 0.3 is 0 Å². The molecule has 1 aliphatic heterocycles. The molecule has 0 aliphatic carbocycles. The Hall–Kier alpha value is -0.350. The Morgan fingerprint density at radius 2 is 2.38 bits per heavy atom. The van der Waals surface area contributed by atoms with E-state index in [0.717, 1.165) is 24.7 Å². The average Bonchev–Trinajstić information content (AvgIpc) is 2.51. The van der Waals surface area contributed by atoms with Crippen LogP contribution in [0.3, 0.4) is 0 Å². The second-order valence-electron chi connectivity index (χ2n) is 3.64. The van der Waals surface area contributed by atoms with E-state index in [1.54, 1.807) is 0 Å². The summed E-state index contributed by atoms with van der Waals surface area (Å²) in [7, 11) is 0. The van der Waals surface area contributed by atoms with E-state index in [1.165, 1.54) is 6.42 Å². The van der Waals surface area contributed by atoms with Gasteiger partial charge in [-0.2, -0.15) is 0 Å². The molecule has 0 aromatic rings. The average molecular weight is 202 g/mol. The van der Waals surface area contributed by atoms with Gasteiger partial charge in [0.25, 0.3) is 0 Å². The molecule has 0 radical (unpaired) electrons. The minimum absolute atomic E-state index is 0.354. The zero-order chi connectivity index (χ0) is 9.68. The first-order valence-corrected chi connectivity index (χ1v) is 5.25. The fourth-order valence-electron chi connectivity index (χ4n) is 1.33.